The highest BCUT2D eigenvalue weighted by molar-refractivity contribution is 5.08. The highest BCUT2D eigenvalue weighted by Crippen LogP contribution is 2.56. The van der Waals surface area contributed by atoms with Gasteiger partial charge in [-0.2, -0.15) is 0 Å². The molecule has 0 aromatic carbocycles. The van der Waals surface area contributed by atoms with Crippen LogP contribution in [0.3, 0.4) is 0 Å². The van der Waals surface area contributed by atoms with E-state index in [0.29, 0.717) is 11.0 Å². The first kappa shape index (κ1) is 9.51. The van der Waals surface area contributed by atoms with Gasteiger partial charge >= 0.3 is 0 Å². The van der Waals surface area contributed by atoms with Crippen molar-refractivity contribution in [2.75, 3.05) is 13.6 Å². The largest absolute Gasteiger partial charge is 0.300 e. The highest BCUT2D eigenvalue weighted by Gasteiger charge is 2.54. The van der Waals surface area contributed by atoms with Crippen LogP contribution in [0, 0.1) is 11.3 Å². The molecule has 1 heterocycles. The molecule has 1 aliphatic carbocycles. The van der Waals surface area contributed by atoms with Crippen molar-refractivity contribution in [3.8, 4) is 0 Å². The average molecular weight is 181 g/mol. The highest BCUT2D eigenvalue weighted by atomic mass is 15.2. The monoisotopic (exact) mass is 181 g/mol. The Labute approximate surface area is 82.5 Å². The molecule has 3 atom stereocenters. The molecule has 13 heavy (non-hydrogen) atoms. The molecule has 2 rings (SSSR count). The van der Waals surface area contributed by atoms with Gasteiger partial charge in [-0.05, 0) is 57.5 Å². The first-order valence-corrected chi connectivity index (χ1v) is 5.69. The Kier molecular flexibility index (Phi) is 1.99. The molecule has 0 bridgehead atoms. The van der Waals surface area contributed by atoms with Crippen LogP contribution in [0.2, 0.25) is 0 Å². The van der Waals surface area contributed by atoms with Gasteiger partial charge in [0.1, 0.15) is 0 Å². The molecule has 0 spiro atoms. The van der Waals surface area contributed by atoms with Crippen LogP contribution in [0.4, 0.5) is 0 Å². The summed E-state index contributed by atoms with van der Waals surface area (Å²) in [6, 6.07) is 0. The van der Waals surface area contributed by atoms with Crippen molar-refractivity contribution in [3.63, 3.8) is 0 Å². The van der Waals surface area contributed by atoms with E-state index in [0.717, 1.165) is 5.92 Å². The second kappa shape index (κ2) is 2.73. The van der Waals surface area contributed by atoms with Crippen LogP contribution in [0.15, 0.2) is 0 Å². The summed E-state index contributed by atoms with van der Waals surface area (Å²) in [6.45, 7) is 8.71. The topological polar surface area (TPSA) is 3.24 Å². The Balaban J connectivity index is 2.31. The van der Waals surface area contributed by atoms with E-state index in [9.17, 15) is 0 Å². The minimum absolute atomic E-state index is 0.491. The number of piperidine rings is 1. The summed E-state index contributed by atoms with van der Waals surface area (Å²) in [5.74, 6) is 0.926. The number of hydrogen-bond donors (Lipinski definition) is 0. The second-order valence-corrected chi connectivity index (χ2v) is 5.87. The smallest absolute Gasteiger partial charge is 0.0234 e. The summed E-state index contributed by atoms with van der Waals surface area (Å²) in [4.78, 5) is 2.61. The lowest BCUT2D eigenvalue weighted by Gasteiger charge is -2.51. The van der Waals surface area contributed by atoms with Crippen molar-refractivity contribution in [2.45, 2.75) is 52.0 Å². The van der Waals surface area contributed by atoms with Gasteiger partial charge in [0, 0.05) is 5.54 Å². The fraction of sp³-hybridized carbons (Fsp3) is 1.00. The van der Waals surface area contributed by atoms with Crippen LogP contribution in [-0.4, -0.2) is 24.0 Å². The van der Waals surface area contributed by atoms with E-state index in [4.69, 9.17) is 0 Å². The lowest BCUT2D eigenvalue weighted by atomic mass is 9.68. The summed E-state index contributed by atoms with van der Waals surface area (Å²) >= 11 is 0. The van der Waals surface area contributed by atoms with Crippen LogP contribution < -0.4 is 0 Å². The standard InChI is InChI=1S/C12H23N/c1-10-8-11(2)6-5-7-13(4)12(11,3)9-10/h10H,5-9H2,1-4H3. The molecule has 2 fully saturated rings. The quantitative estimate of drug-likeness (QED) is 0.555. The Morgan fingerprint density at radius 3 is 2.54 bits per heavy atom. The Morgan fingerprint density at radius 2 is 1.92 bits per heavy atom. The van der Waals surface area contributed by atoms with Crippen molar-refractivity contribution in [3.05, 3.63) is 0 Å². The van der Waals surface area contributed by atoms with E-state index in [-0.39, 0.29) is 0 Å². The van der Waals surface area contributed by atoms with Gasteiger partial charge in [-0.15, -0.1) is 0 Å². The van der Waals surface area contributed by atoms with Crippen LogP contribution in [0.1, 0.15) is 46.5 Å². The van der Waals surface area contributed by atoms with E-state index >= 15 is 0 Å². The first-order valence-electron chi connectivity index (χ1n) is 5.69. The zero-order valence-electron chi connectivity index (χ0n) is 9.56. The molecular weight excluding hydrogens is 158 g/mol. The molecular formula is C12H23N. The fourth-order valence-corrected chi connectivity index (χ4v) is 3.93. The van der Waals surface area contributed by atoms with Gasteiger partial charge in [0.2, 0.25) is 0 Å². The van der Waals surface area contributed by atoms with Crippen molar-refractivity contribution >= 4 is 0 Å². The average Bonchev–Trinajstić information content (AvgIpc) is 2.23. The van der Waals surface area contributed by atoms with Crippen molar-refractivity contribution in [1.29, 1.82) is 0 Å². The minimum atomic E-state index is 0.491. The molecule has 1 nitrogen and oxygen atoms in total. The van der Waals surface area contributed by atoms with Gasteiger partial charge in [-0.25, -0.2) is 0 Å². The molecule has 3 unspecified atom stereocenters. The summed E-state index contributed by atoms with van der Waals surface area (Å²) in [7, 11) is 2.31. The molecule has 0 amide bonds. The SMILES string of the molecule is CC1CC2(C)CCCN(C)C2(C)C1. The third-order valence-electron chi connectivity index (χ3n) is 4.91. The first-order chi connectivity index (χ1) is 5.98. The summed E-state index contributed by atoms with van der Waals surface area (Å²) in [6.07, 6.45) is 5.68. The van der Waals surface area contributed by atoms with Gasteiger partial charge in [0.15, 0.2) is 0 Å². The predicted molar refractivity (Wildman–Crippen MR) is 56.8 cm³/mol. The molecule has 76 valence electrons. The molecule has 0 N–H and O–H groups in total. The number of rotatable bonds is 0. The molecule has 1 saturated carbocycles. The number of nitrogens with zero attached hydrogens (tertiary/aromatic N) is 1. The van der Waals surface area contributed by atoms with E-state index in [1.807, 2.05) is 0 Å². The van der Waals surface area contributed by atoms with Gasteiger partial charge < -0.3 is 4.90 Å². The van der Waals surface area contributed by atoms with E-state index in [2.05, 4.69) is 32.7 Å². The van der Waals surface area contributed by atoms with E-state index in [1.165, 1.54) is 32.2 Å². The Morgan fingerprint density at radius 1 is 1.23 bits per heavy atom. The third-order valence-corrected chi connectivity index (χ3v) is 4.91. The van der Waals surface area contributed by atoms with E-state index in [1.54, 1.807) is 0 Å². The molecule has 1 saturated heterocycles. The number of fused-ring (bicyclic) bond motifs is 1. The molecule has 0 aromatic rings. The van der Waals surface area contributed by atoms with Crippen molar-refractivity contribution in [2.24, 2.45) is 11.3 Å². The van der Waals surface area contributed by atoms with Crippen LogP contribution in [-0.2, 0) is 0 Å². The molecule has 2 aliphatic rings. The molecule has 0 aromatic heterocycles. The van der Waals surface area contributed by atoms with Crippen LogP contribution in [0.25, 0.3) is 0 Å². The maximum Gasteiger partial charge on any atom is 0.0234 e. The predicted octanol–water partition coefficient (Wildman–Crippen LogP) is 2.91. The lowest BCUT2D eigenvalue weighted by molar-refractivity contribution is -0.0123. The Hall–Kier alpha value is -0.0400. The number of hydrogen-bond acceptors (Lipinski definition) is 1. The Bertz CT molecular complexity index is 213. The minimum Gasteiger partial charge on any atom is -0.300 e. The zero-order valence-corrected chi connectivity index (χ0v) is 9.56. The van der Waals surface area contributed by atoms with Gasteiger partial charge in [0.25, 0.3) is 0 Å². The van der Waals surface area contributed by atoms with Crippen LogP contribution >= 0.6 is 0 Å². The van der Waals surface area contributed by atoms with Crippen LogP contribution in [0.5, 0.6) is 0 Å². The summed E-state index contributed by atoms with van der Waals surface area (Å²) in [5.41, 5.74) is 1.09. The van der Waals surface area contributed by atoms with Crippen molar-refractivity contribution in [1.82, 2.24) is 4.90 Å². The lowest BCUT2D eigenvalue weighted by Crippen LogP contribution is -2.55. The second-order valence-electron chi connectivity index (χ2n) is 5.87. The summed E-state index contributed by atoms with van der Waals surface area (Å²) in [5, 5.41) is 0. The maximum atomic E-state index is 2.61. The molecule has 1 aliphatic heterocycles. The third kappa shape index (κ3) is 1.16. The van der Waals surface area contributed by atoms with Gasteiger partial charge in [-0.1, -0.05) is 13.8 Å². The molecule has 0 radical (unpaired) electrons. The zero-order chi connectivity index (χ0) is 9.69. The number of likely N-dealkylation sites (tertiary alicyclic amines) is 1. The van der Waals surface area contributed by atoms with Gasteiger partial charge in [0.05, 0.1) is 0 Å². The normalized spacial score (nSPS) is 52.2. The summed E-state index contributed by atoms with van der Waals surface area (Å²) < 4.78 is 0. The maximum absolute atomic E-state index is 2.61. The van der Waals surface area contributed by atoms with Gasteiger partial charge in [-0.3, -0.25) is 0 Å². The van der Waals surface area contributed by atoms with Crippen molar-refractivity contribution < 1.29 is 0 Å². The van der Waals surface area contributed by atoms with E-state index < -0.39 is 0 Å². The fourth-order valence-electron chi connectivity index (χ4n) is 3.93. The molecule has 1 heteroatoms.